The standard InChI is InChI=1S/C39H62N2.Pd/c1-7-12-17-21-33-26-34(22-18-13-8-2)29-37(28-33)40-32(6)39(25-16-11-5)41-38-30-35(23-19-14-9-3)27-36(31-38)24-20-15-10-4;/h26-31H,7-25H2,1-6H3;/b40-32+,41-39+;. The second-order valence-corrected chi connectivity index (χ2v) is 12.2. The van der Waals surface area contributed by atoms with Crippen LogP contribution in [-0.2, 0) is 46.1 Å². The van der Waals surface area contributed by atoms with Gasteiger partial charge in [0, 0.05) is 20.4 Å². The summed E-state index contributed by atoms with van der Waals surface area (Å²) in [6.07, 6.45) is 23.2. The van der Waals surface area contributed by atoms with Crippen molar-refractivity contribution in [1.29, 1.82) is 0 Å². The van der Waals surface area contributed by atoms with Crippen LogP contribution >= 0.6 is 0 Å². The van der Waals surface area contributed by atoms with Crippen molar-refractivity contribution in [3.8, 4) is 0 Å². The Morgan fingerprint density at radius 3 is 1.12 bits per heavy atom. The van der Waals surface area contributed by atoms with Crippen LogP contribution in [0.2, 0.25) is 0 Å². The topological polar surface area (TPSA) is 24.7 Å². The molecule has 0 aromatic heterocycles. The zero-order valence-corrected chi connectivity index (χ0v) is 29.7. The third-order valence-corrected chi connectivity index (χ3v) is 8.10. The molecule has 0 saturated heterocycles. The molecule has 3 heteroatoms. The average molecular weight is 665 g/mol. The number of nitrogens with zero attached hydrogens (tertiary/aromatic N) is 2. The van der Waals surface area contributed by atoms with Crippen molar-refractivity contribution in [3.05, 3.63) is 58.7 Å². The molecule has 0 heterocycles. The molecule has 0 aliphatic carbocycles. The van der Waals surface area contributed by atoms with Crippen molar-refractivity contribution in [2.24, 2.45) is 9.98 Å². The molecule has 0 saturated carbocycles. The Labute approximate surface area is 274 Å². The van der Waals surface area contributed by atoms with Gasteiger partial charge >= 0.3 is 0 Å². The first-order chi connectivity index (χ1) is 20.0. The number of aliphatic imine (C=N–C) groups is 2. The Morgan fingerprint density at radius 1 is 0.452 bits per heavy atom. The van der Waals surface area contributed by atoms with Gasteiger partial charge in [0.25, 0.3) is 0 Å². The molecule has 0 spiro atoms. The number of rotatable bonds is 22. The summed E-state index contributed by atoms with van der Waals surface area (Å²) in [4.78, 5) is 10.6. The average Bonchev–Trinajstić information content (AvgIpc) is 2.96. The van der Waals surface area contributed by atoms with Gasteiger partial charge in [0.2, 0.25) is 0 Å². The predicted octanol–water partition coefficient (Wildman–Crippen LogP) is 12.7. The molecule has 0 bridgehead atoms. The monoisotopic (exact) mass is 664 g/mol. The Morgan fingerprint density at radius 2 is 0.786 bits per heavy atom. The van der Waals surface area contributed by atoms with Crippen LogP contribution in [0.15, 0.2) is 46.4 Å². The molecule has 42 heavy (non-hydrogen) atoms. The number of unbranched alkanes of at least 4 members (excludes halogenated alkanes) is 9. The van der Waals surface area contributed by atoms with E-state index in [1.165, 1.54) is 106 Å². The quantitative estimate of drug-likeness (QED) is 0.0680. The molecular formula is C39H62N2Pd. The van der Waals surface area contributed by atoms with Crippen LogP contribution in [0, 0.1) is 0 Å². The van der Waals surface area contributed by atoms with E-state index < -0.39 is 0 Å². The number of hydrogen-bond donors (Lipinski definition) is 0. The molecule has 0 radical (unpaired) electrons. The zero-order valence-electron chi connectivity index (χ0n) is 28.1. The van der Waals surface area contributed by atoms with Gasteiger partial charge in [0.15, 0.2) is 0 Å². The van der Waals surface area contributed by atoms with Crippen LogP contribution in [0.3, 0.4) is 0 Å². The van der Waals surface area contributed by atoms with Crippen LogP contribution in [0.5, 0.6) is 0 Å². The van der Waals surface area contributed by atoms with Gasteiger partial charge < -0.3 is 0 Å². The van der Waals surface area contributed by atoms with Gasteiger partial charge in [0.05, 0.1) is 22.8 Å². The molecule has 238 valence electrons. The first-order valence-corrected chi connectivity index (χ1v) is 17.4. The van der Waals surface area contributed by atoms with Crippen molar-refractivity contribution in [2.45, 2.75) is 164 Å². The summed E-state index contributed by atoms with van der Waals surface area (Å²) in [6.45, 7) is 13.6. The maximum absolute atomic E-state index is 5.32. The Hall–Kier alpha value is -1.56. The SMILES string of the molecule is CCCCCc1cc(CCCCC)cc(/N=C(C)/C(CCCC)=N/c2cc(CCCCC)cc(CCCCC)c2)c1.[Pd]. The second-order valence-electron chi connectivity index (χ2n) is 12.2. The molecule has 0 amide bonds. The molecular weight excluding hydrogens is 603 g/mol. The minimum atomic E-state index is 0. The van der Waals surface area contributed by atoms with Crippen molar-refractivity contribution in [3.63, 3.8) is 0 Å². The predicted molar refractivity (Wildman–Crippen MR) is 185 cm³/mol. The van der Waals surface area contributed by atoms with Gasteiger partial charge in [-0.05, 0) is 118 Å². The first kappa shape index (κ1) is 38.5. The molecule has 0 atom stereocenters. The summed E-state index contributed by atoms with van der Waals surface area (Å²) in [5.74, 6) is 0. The van der Waals surface area contributed by atoms with E-state index in [2.05, 4.69) is 77.9 Å². The van der Waals surface area contributed by atoms with E-state index in [-0.39, 0.29) is 20.4 Å². The molecule has 2 aromatic rings. The maximum Gasteiger partial charge on any atom is 0.0639 e. The van der Waals surface area contributed by atoms with Gasteiger partial charge in [-0.1, -0.05) is 105 Å². The summed E-state index contributed by atoms with van der Waals surface area (Å²) in [7, 11) is 0. The van der Waals surface area contributed by atoms with Crippen LogP contribution in [0.25, 0.3) is 0 Å². The summed E-state index contributed by atoms with van der Waals surface area (Å²) in [5.41, 5.74) is 10.3. The normalized spacial score (nSPS) is 12.0. The Balaban J connectivity index is 0.00000882. The molecule has 0 unspecified atom stereocenters. The van der Waals surface area contributed by atoms with Crippen molar-refractivity contribution in [2.75, 3.05) is 0 Å². The molecule has 0 fully saturated rings. The Bertz CT molecular complexity index is 996. The zero-order chi connectivity index (χ0) is 29.7. The van der Waals surface area contributed by atoms with Crippen molar-refractivity contribution in [1.82, 2.24) is 0 Å². The third-order valence-electron chi connectivity index (χ3n) is 8.10. The largest absolute Gasteiger partial charge is 0.252 e. The van der Waals surface area contributed by atoms with Gasteiger partial charge in [-0.2, -0.15) is 0 Å². The Kier molecular flexibility index (Phi) is 21.8. The summed E-state index contributed by atoms with van der Waals surface area (Å²) in [6, 6.07) is 14.2. The van der Waals surface area contributed by atoms with E-state index >= 15 is 0 Å². The van der Waals surface area contributed by atoms with Crippen molar-refractivity contribution >= 4 is 22.8 Å². The van der Waals surface area contributed by atoms with Crippen molar-refractivity contribution < 1.29 is 20.4 Å². The minimum Gasteiger partial charge on any atom is -0.252 e. The summed E-state index contributed by atoms with van der Waals surface area (Å²) >= 11 is 0. The molecule has 2 nitrogen and oxygen atoms in total. The van der Waals surface area contributed by atoms with E-state index in [0.29, 0.717) is 0 Å². The fraction of sp³-hybridized carbons (Fsp3) is 0.641. The molecule has 2 rings (SSSR count). The van der Waals surface area contributed by atoms with Crippen LogP contribution in [-0.4, -0.2) is 11.4 Å². The van der Waals surface area contributed by atoms with Crippen LogP contribution < -0.4 is 0 Å². The maximum atomic E-state index is 5.32. The van der Waals surface area contributed by atoms with Gasteiger partial charge in [-0.3, -0.25) is 9.98 Å². The molecule has 0 aliphatic rings. The first-order valence-electron chi connectivity index (χ1n) is 17.4. The van der Waals surface area contributed by atoms with E-state index in [0.717, 1.165) is 61.3 Å². The second kappa shape index (κ2) is 23.8. The fourth-order valence-electron chi connectivity index (χ4n) is 5.58. The number of benzene rings is 2. The number of aryl methyl sites for hydroxylation is 4. The van der Waals surface area contributed by atoms with E-state index in [4.69, 9.17) is 9.98 Å². The molecule has 0 N–H and O–H groups in total. The van der Waals surface area contributed by atoms with Gasteiger partial charge in [-0.25, -0.2) is 0 Å². The van der Waals surface area contributed by atoms with E-state index in [1.807, 2.05) is 0 Å². The summed E-state index contributed by atoms with van der Waals surface area (Å²) in [5, 5.41) is 0. The fourth-order valence-corrected chi connectivity index (χ4v) is 5.58. The summed E-state index contributed by atoms with van der Waals surface area (Å²) < 4.78 is 0. The number of hydrogen-bond acceptors (Lipinski definition) is 2. The minimum absolute atomic E-state index is 0. The smallest absolute Gasteiger partial charge is 0.0639 e. The van der Waals surface area contributed by atoms with Crippen LogP contribution in [0.4, 0.5) is 11.4 Å². The van der Waals surface area contributed by atoms with E-state index in [1.54, 1.807) is 0 Å². The molecule has 0 aliphatic heterocycles. The van der Waals surface area contributed by atoms with Gasteiger partial charge in [-0.15, -0.1) is 0 Å². The van der Waals surface area contributed by atoms with Gasteiger partial charge in [0.1, 0.15) is 0 Å². The van der Waals surface area contributed by atoms with Crippen LogP contribution in [0.1, 0.15) is 160 Å². The third kappa shape index (κ3) is 15.8. The molecule has 2 aromatic carbocycles. The van der Waals surface area contributed by atoms with E-state index in [9.17, 15) is 0 Å².